The summed E-state index contributed by atoms with van der Waals surface area (Å²) in [4.78, 5) is 26.4. The van der Waals surface area contributed by atoms with E-state index in [9.17, 15) is 14.7 Å². The van der Waals surface area contributed by atoms with Gasteiger partial charge in [0.15, 0.2) is 6.29 Å². The van der Waals surface area contributed by atoms with Crippen LogP contribution in [0.4, 0.5) is 4.79 Å². The first-order valence-electron chi connectivity index (χ1n) is 17.1. The van der Waals surface area contributed by atoms with Crippen LogP contribution >= 0.6 is 0 Å². The Kier molecular flexibility index (Phi) is 12.8. The van der Waals surface area contributed by atoms with Crippen LogP contribution in [-0.2, 0) is 32.2 Å². The molecule has 0 unspecified atom stereocenters. The van der Waals surface area contributed by atoms with Crippen molar-refractivity contribution in [3.63, 3.8) is 0 Å². The molecule has 2 aliphatic rings. The van der Waals surface area contributed by atoms with Crippen LogP contribution in [0.2, 0.25) is 0 Å². The third-order valence-electron chi connectivity index (χ3n) is 9.39. The van der Waals surface area contributed by atoms with E-state index in [0.29, 0.717) is 12.6 Å². The van der Waals surface area contributed by atoms with Gasteiger partial charge in [-0.25, -0.2) is 4.79 Å². The molecule has 2 fully saturated rings. The molecule has 9 nitrogen and oxygen atoms in total. The summed E-state index contributed by atoms with van der Waals surface area (Å²) >= 11 is 0. The van der Waals surface area contributed by atoms with Crippen molar-refractivity contribution in [2.24, 2.45) is 5.92 Å². The molecule has 1 saturated heterocycles. The second-order valence-corrected chi connectivity index (χ2v) is 12.6. The first kappa shape index (κ1) is 35.3. The maximum absolute atomic E-state index is 12.3. The number of aliphatic hydroxyl groups excluding tert-OH is 1. The van der Waals surface area contributed by atoms with Crippen molar-refractivity contribution in [2.45, 2.75) is 77.2 Å². The molecule has 0 aromatic heterocycles. The van der Waals surface area contributed by atoms with E-state index < -0.39 is 18.3 Å². The third-order valence-corrected chi connectivity index (χ3v) is 9.39. The number of esters is 1. The lowest BCUT2D eigenvalue weighted by Gasteiger charge is -2.43. The highest BCUT2D eigenvalue weighted by atomic mass is 16.7. The minimum atomic E-state index is -0.558. The maximum Gasteiger partial charge on any atom is 0.325 e. The topological polar surface area (TPSA) is 109 Å². The van der Waals surface area contributed by atoms with Crippen LogP contribution in [0.15, 0.2) is 85.5 Å². The zero-order chi connectivity index (χ0) is 33.9. The molecule has 1 aliphatic carbocycles. The lowest BCUT2D eigenvalue weighted by molar-refractivity contribution is -0.276. The Labute approximate surface area is 284 Å². The van der Waals surface area contributed by atoms with Crippen molar-refractivity contribution >= 4 is 12.0 Å². The van der Waals surface area contributed by atoms with Crippen molar-refractivity contribution in [2.75, 3.05) is 26.2 Å². The van der Waals surface area contributed by atoms with Gasteiger partial charge in [-0.3, -0.25) is 9.69 Å². The molecule has 1 saturated carbocycles. The van der Waals surface area contributed by atoms with E-state index in [0.717, 1.165) is 46.5 Å². The van der Waals surface area contributed by atoms with Gasteiger partial charge in [0.25, 0.3) is 0 Å². The van der Waals surface area contributed by atoms with Crippen LogP contribution in [-0.4, -0.2) is 60.4 Å². The Morgan fingerprint density at radius 2 is 1.69 bits per heavy atom. The predicted octanol–water partition coefficient (Wildman–Crippen LogP) is 6.43. The number of aliphatic hydroxyl groups is 1. The fourth-order valence-corrected chi connectivity index (χ4v) is 6.75. The summed E-state index contributed by atoms with van der Waals surface area (Å²) in [5.74, 6) is -0.378. The molecular weight excluding hydrogens is 606 g/mol. The fraction of sp³-hybridized carbons (Fsp3) is 0.436. The second kappa shape index (κ2) is 17.4. The van der Waals surface area contributed by atoms with Gasteiger partial charge in [-0.1, -0.05) is 98.6 Å². The van der Waals surface area contributed by atoms with Gasteiger partial charge in [0.2, 0.25) is 0 Å². The number of hydrogen-bond donors (Lipinski definition) is 3. The lowest BCUT2D eigenvalue weighted by atomic mass is 9.89. The van der Waals surface area contributed by atoms with Gasteiger partial charge in [-0.15, -0.1) is 6.58 Å². The molecule has 1 heterocycles. The molecule has 2 amide bonds. The number of ether oxygens (including phenoxy) is 3. The molecule has 0 radical (unpaired) electrons. The summed E-state index contributed by atoms with van der Waals surface area (Å²) in [7, 11) is 0. The third kappa shape index (κ3) is 9.11. The van der Waals surface area contributed by atoms with E-state index in [-0.39, 0.29) is 37.9 Å². The number of carbonyl (C=O) groups is 2. The molecule has 5 rings (SSSR count). The SMILES string of the molecule is C=CCN(C[C@H]1O[C@@H](c2ccc(-c3ccccc3CNC(=O)NCC(=O)OCC)cc2)O[C@@H](c2ccc(CO)cc2)[C@H]1C)C1CCCC1. The Balaban J connectivity index is 1.33. The van der Waals surface area contributed by atoms with Gasteiger partial charge in [0.1, 0.15) is 6.54 Å². The summed E-state index contributed by atoms with van der Waals surface area (Å²) in [6, 6.07) is 24.2. The highest BCUT2D eigenvalue weighted by Crippen LogP contribution is 2.42. The minimum absolute atomic E-state index is 0.00183. The zero-order valence-electron chi connectivity index (χ0n) is 28.1. The lowest BCUT2D eigenvalue weighted by Crippen LogP contribution is -2.47. The summed E-state index contributed by atoms with van der Waals surface area (Å²) < 4.78 is 18.4. The molecule has 0 bridgehead atoms. The Bertz CT molecular complexity index is 1490. The fourth-order valence-electron chi connectivity index (χ4n) is 6.75. The Morgan fingerprint density at radius 1 is 0.979 bits per heavy atom. The van der Waals surface area contributed by atoms with Crippen molar-refractivity contribution in [3.8, 4) is 11.1 Å². The van der Waals surface area contributed by atoms with E-state index in [1.165, 1.54) is 25.7 Å². The van der Waals surface area contributed by atoms with E-state index in [2.05, 4.69) is 53.3 Å². The number of nitrogens with one attached hydrogen (secondary N) is 2. The number of carbonyl (C=O) groups excluding carboxylic acids is 2. The first-order chi connectivity index (χ1) is 23.4. The summed E-state index contributed by atoms with van der Waals surface area (Å²) in [6.45, 7) is 9.97. The van der Waals surface area contributed by atoms with Crippen molar-refractivity contribution in [3.05, 3.63) is 108 Å². The van der Waals surface area contributed by atoms with Gasteiger partial charge in [0, 0.05) is 37.2 Å². The maximum atomic E-state index is 12.3. The van der Waals surface area contributed by atoms with Crippen molar-refractivity contribution < 1.29 is 28.9 Å². The van der Waals surface area contributed by atoms with E-state index in [1.54, 1.807) is 6.92 Å². The van der Waals surface area contributed by atoms with Gasteiger partial charge in [-0.05, 0) is 47.6 Å². The van der Waals surface area contributed by atoms with Crippen LogP contribution < -0.4 is 10.6 Å². The minimum Gasteiger partial charge on any atom is -0.465 e. The first-order valence-corrected chi connectivity index (χ1v) is 17.1. The second-order valence-electron chi connectivity index (χ2n) is 12.6. The van der Waals surface area contributed by atoms with Crippen molar-refractivity contribution in [1.29, 1.82) is 0 Å². The van der Waals surface area contributed by atoms with Crippen LogP contribution in [0, 0.1) is 5.92 Å². The number of amides is 2. The zero-order valence-corrected chi connectivity index (χ0v) is 28.1. The van der Waals surface area contributed by atoms with Gasteiger partial charge in [-0.2, -0.15) is 0 Å². The molecule has 4 atom stereocenters. The summed E-state index contributed by atoms with van der Waals surface area (Å²) in [6.07, 6.45) is 6.13. The molecule has 256 valence electrons. The van der Waals surface area contributed by atoms with E-state index in [1.807, 2.05) is 54.6 Å². The van der Waals surface area contributed by atoms with Gasteiger partial charge in [0.05, 0.1) is 25.4 Å². The van der Waals surface area contributed by atoms with E-state index >= 15 is 0 Å². The number of hydrogen-bond acceptors (Lipinski definition) is 7. The van der Waals surface area contributed by atoms with Gasteiger partial charge < -0.3 is 30.0 Å². The normalized spacial score (nSPS) is 21.2. The summed E-state index contributed by atoms with van der Waals surface area (Å²) in [5.41, 5.74) is 5.80. The van der Waals surface area contributed by atoms with Crippen molar-refractivity contribution in [1.82, 2.24) is 15.5 Å². The monoisotopic (exact) mass is 655 g/mol. The molecule has 9 heteroatoms. The van der Waals surface area contributed by atoms with Crippen LogP contribution in [0.3, 0.4) is 0 Å². The van der Waals surface area contributed by atoms with Gasteiger partial charge >= 0.3 is 12.0 Å². The molecule has 3 N–H and O–H groups in total. The standard InChI is InChI=1S/C39H49N3O6/c1-4-22-42(33-11-7-8-12-33)25-35-27(3)37(30-16-14-28(26-43)15-17-30)48-38(47-35)31-20-18-29(19-21-31)34-13-9-6-10-32(34)23-40-39(45)41-24-36(44)46-5-2/h4,6,9-10,13-21,27,33,35,37-38,43H,1,5,7-8,11-12,22-26H2,2-3H3,(H2,40,41,45)/t27-,35+,37+,38+/m0/s1. The predicted molar refractivity (Wildman–Crippen MR) is 186 cm³/mol. The summed E-state index contributed by atoms with van der Waals surface area (Å²) in [5, 5.41) is 15.0. The highest BCUT2D eigenvalue weighted by molar-refractivity contribution is 5.81. The average Bonchev–Trinajstić information content (AvgIpc) is 3.66. The van der Waals surface area contributed by atoms with Crippen LogP contribution in [0.1, 0.15) is 74.2 Å². The number of benzene rings is 3. The average molecular weight is 656 g/mol. The molecule has 3 aromatic rings. The van der Waals surface area contributed by atoms with Crippen LogP contribution in [0.25, 0.3) is 11.1 Å². The Morgan fingerprint density at radius 3 is 2.38 bits per heavy atom. The highest BCUT2D eigenvalue weighted by Gasteiger charge is 2.40. The van der Waals surface area contributed by atoms with E-state index in [4.69, 9.17) is 14.2 Å². The smallest absolute Gasteiger partial charge is 0.325 e. The number of nitrogens with zero attached hydrogens (tertiary/aromatic N) is 1. The number of rotatable bonds is 14. The van der Waals surface area contributed by atoms with Crippen LogP contribution in [0.5, 0.6) is 0 Å². The molecule has 48 heavy (non-hydrogen) atoms. The largest absolute Gasteiger partial charge is 0.465 e. The molecule has 0 spiro atoms. The molecular formula is C39H49N3O6. The molecule has 1 aliphatic heterocycles. The number of urea groups is 1. The quantitative estimate of drug-likeness (QED) is 0.136. The Hall–Kier alpha value is -4.02. The molecule has 3 aromatic carbocycles.